The van der Waals surface area contributed by atoms with E-state index in [9.17, 15) is 18.8 Å². The van der Waals surface area contributed by atoms with Gasteiger partial charge in [-0.2, -0.15) is 0 Å². The zero-order chi connectivity index (χ0) is 19.6. The molecule has 142 valence electrons. The van der Waals surface area contributed by atoms with Gasteiger partial charge in [-0.25, -0.2) is 4.39 Å². The van der Waals surface area contributed by atoms with Crippen molar-refractivity contribution >= 4 is 17.7 Å². The molecule has 2 aromatic rings. The quantitative estimate of drug-likeness (QED) is 0.415. The average Bonchev–Trinajstić information content (AvgIpc) is 2.69. The van der Waals surface area contributed by atoms with Crippen molar-refractivity contribution in [1.29, 1.82) is 0 Å². The molecule has 0 aliphatic heterocycles. The summed E-state index contributed by atoms with van der Waals surface area (Å²) < 4.78 is 22.8. The van der Waals surface area contributed by atoms with Crippen molar-refractivity contribution in [3.8, 4) is 5.75 Å². The molecule has 27 heavy (non-hydrogen) atoms. The number of carbonyl (C=O) groups is 3. The zero-order valence-corrected chi connectivity index (χ0v) is 14.9. The summed E-state index contributed by atoms with van der Waals surface area (Å²) in [6.07, 6.45) is 0.519. The van der Waals surface area contributed by atoms with E-state index in [0.29, 0.717) is 23.3 Å². The Balaban J connectivity index is 1.64. The summed E-state index contributed by atoms with van der Waals surface area (Å²) in [5.74, 6) is -0.927. The van der Waals surface area contributed by atoms with Crippen LogP contribution >= 0.6 is 0 Å². The molecule has 0 unspecified atom stereocenters. The minimum absolute atomic E-state index is 0.0597. The zero-order valence-electron chi connectivity index (χ0n) is 14.9. The molecular weight excluding hydrogens is 353 g/mol. The fraction of sp³-hybridized carbons (Fsp3) is 0.250. The van der Waals surface area contributed by atoms with E-state index in [-0.39, 0.29) is 25.4 Å². The lowest BCUT2D eigenvalue weighted by molar-refractivity contribution is -0.142. The van der Waals surface area contributed by atoms with Gasteiger partial charge < -0.3 is 14.8 Å². The van der Waals surface area contributed by atoms with E-state index in [4.69, 9.17) is 9.47 Å². The number of Topliss-reactive ketones (excluding diaryl/α,β-unsaturated/α-hetero) is 1. The Labute approximate surface area is 156 Å². The molecule has 2 aromatic carbocycles. The van der Waals surface area contributed by atoms with Gasteiger partial charge in [0.25, 0.3) is 5.91 Å². The summed E-state index contributed by atoms with van der Waals surface area (Å²) in [5.41, 5.74) is 0.808. The van der Waals surface area contributed by atoms with Gasteiger partial charge >= 0.3 is 5.97 Å². The maximum absolute atomic E-state index is 12.8. The average molecular weight is 373 g/mol. The van der Waals surface area contributed by atoms with Crippen LogP contribution in [0.1, 0.15) is 33.6 Å². The summed E-state index contributed by atoms with van der Waals surface area (Å²) in [6, 6.07) is 11.7. The van der Waals surface area contributed by atoms with Crippen LogP contribution in [0.2, 0.25) is 0 Å². The molecule has 0 spiro atoms. The summed E-state index contributed by atoms with van der Waals surface area (Å²) >= 11 is 0. The first-order valence-corrected chi connectivity index (χ1v) is 8.36. The highest BCUT2D eigenvalue weighted by Crippen LogP contribution is 2.11. The van der Waals surface area contributed by atoms with Crippen LogP contribution in [0.5, 0.6) is 5.75 Å². The monoisotopic (exact) mass is 373 g/mol. The van der Waals surface area contributed by atoms with Crippen LogP contribution < -0.4 is 10.1 Å². The lowest BCUT2D eigenvalue weighted by Crippen LogP contribution is -2.30. The van der Waals surface area contributed by atoms with E-state index in [1.54, 1.807) is 24.3 Å². The van der Waals surface area contributed by atoms with Crippen molar-refractivity contribution in [3.05, 3.63) is 65.5 Å². The summed E-state index contributed by atoms with van der Waals surface area (Å²) in [6.45, 7) is -0.207. The van der Waals surface area contributed by atoms with Gasteiger partial charge in [-0.05, 0) is 55.0 Å². The van der Waals surface area contributed by atoms with Crippen LogP contribution in [0, 0.1) is 5.82 Å². The highest BCUT2D eigenvalue weighted by atomic mass is 19.1. The Hall–Kier alpha value is -3.22. The molecule has 0 atom stereocenters. The number of ketones is 1. The number of hydrogen-bond donors (Lipinski definition) is 1. The number of amides is 1. The lowest BCUT2D eigenvalue weighted by Gasteiger charge is -2.07. The fourth-order valence-corrected chi connectivity index (χ4v) is 2.25. The van der Waals surface area contributed by atoms with Crippen LogP contribution in [0.25, 0.3) is 0 Å². The highest BCUT2D eigenvalue weighted by Gasteiger charge is 2.10. The highest BCUT2D eigenvalue weighted by molar-refractivity contribution is 5.96. The number of methoxy groups -OCH3 is 1. The Morgan fingerprint density at radius 3 is 2.22 bits per heavy atom. The lowest BCUT2D eigenvalue weighted by atomic mass is 10.1. The smallest absolute Gasteiger partial charge is 0.325 e. The summed E-state index contributed by atoms with van der Waals surface area (Å²) in [4.78, 5) is 35.5. The number of ether oxygens (including phenoxy) is 2. The molecule has 0 aliphatic carbocycles. The van der Waals surface area contributed by atoms with Gasteiger partial charge in [0.2, 0.25) is 0 Å². The van der Waals surface area contributed by atoms with E-state index < -0.39 is 17.7 Å². The third kappa shape index (κ3) is 6.54. The van der Waals surface area contributed by atoms with Gasteiger partial charge in [0.1, 0.15) is 18.1 Å². The Morgan fingerprint density at radius 2 is 1.59 bits per heavy atom. The third-order valence-corrected chi connectivity index (χ3v) is 3.72. The predicted molar refractivity (Wildman–Crippen MR) is 96.3 cm³/mol. The van der Waals surface area contributed by atoms with Crippen molar-refractivity contribution in [3.63, 3.8) is 0 Å². The molecule has 0 aliphatic rings. The standard InChI is InChI=1S/C20H20FNO5/c1-26-17-10-6-15(7-11-17)20(25)22-13-19(24)27-12-2-3-18(23)14-4-8-16(21)9-5-14/h4-11H,2-3,12-13H2,1H3,(H,22,25). The number of hydrogen-bond acceptors (Lipinski definition) is 5. The second-order valence-corrected chi connectivity index (χ2v) is 5.67. The predicted octanol–water partition coefficient (Wildman–Crippen LogP) is 2.77. The number of carbonyl (C=O) groups excluding carboxylic acids is 3. The molecule has 1 amide bonds. The third-order valence-electron chi connectivity index (χ3n) is 3.72. The summed E-state index contributed by atoms with van der Waals surface area (Å²) in [5, 5.41) is 2.46. The number of benzene rings is 2. The molecule has 6 nitrogen and oxygen atoms in total. The van der Waals surface area contributed by atoms with E-state index in [2.05, 4.69) is 5.32 Å². The van der Waals surface area contributed by atoms with Gasteiger partial charge in [0.05, 0.1) is 13.7 Å². The molecule has 0 bridgehead atoms. The van der Waals surface area contributed by atoms with Gasteiger partial charge in [0.15, 0.2) is 5.78 Å². The van der Waals surface area contributed by atoms with Crippen LogP contribution in [0.15, 0.2) is 48.5 Å². The number of nitrogens with one attached hydrogen (secondary N) is 1. The number of halogens is 1. The topological polar surface area (TPSA) is 81.7 Å². The van der Waals surface area contributed by atoms with Crippen molar-refractivity contribution < 1.29 is 28.2 Å². The molecular formula is C20H20FNO5. The maximum Gasteiger partial charge on any atom is 0.325 e. The number of rotatable bonds is 9. The van der Waals surface area contributed by atoms with Gasteiger partial charge in [-0.3, -0.25) is 14.4 Å². The molecule has 0 aromatic heterocycles. The van der Waals surface area contributed by atoms with Crippen LogP contribution in [0.3, 0.4) is 0 Å². The first-order valence-electron chi connectivity index (χ1n) is 8.36. The van der Waals surface area contributed by atoms with E-state index in [1.165, 1.54) is 31.4 Å². The SMILES string of the molecule is COc1ccc(C(=O)NCC(=O)OCCCC(=O)c2ccc(F)cc2)cc1. The fourth-order valence-electron chi connectivity index (χ4n) is 2.25. The maximum atomic E-state index is 12.8. The largest absolute Gasteiger partial charge is 0.497 e. The molecule has 0 radical (unpaired) electrons. The second kappa shape index (κ2) is 10.1. The molecule has 0 saturated heterocycles. The first-order chi connectivity index (χ1) is 13.0. The van der Waals surface area contributed by atoms with E-state index in [0.717, 1.165) is 0 Å². The molecule has 0 fully saturated rings. The molecule has 1 N–H and O–H groups in total. The molecule has 0 heterocycles. The van der Waals surface area contributed by atoms with Crippen LogP contribution in [-0.4, -0.2) is 37.9 Å². The van der Waals surface area contributed by atoms with Crippen LogP contribution in [-0.2, 0) is 9.53 Å². The first kappa shape index (κ1) is 20.1. The Bertz CT molecular complexity index is 787. The summed E-state index contributed by atoms with van der Waals surface area (Å²) in [7, 11) is 1.53. The van der Waals surface area contributed by atoms with Gasteiger partial charge in [-0.15, -0.1) is 0 Å². The number of esters is 1. The molecule has 2 rings (SSSR count). The normalized spacial score (nSPS) is 10.1. The Morgan fingerprint density at radius 1 is 0.963 bits per heavy atom. The van der Waals surface area contributed by atoms with Crippen molar-refractivity contribution in [1.82, 2.24) is 5.32 Å². The minimum atomic E-state index is -0.592. The van der Waals surface area contributed by atoms with Crippen molar-refractivity contribution in [2.75, 3.05) is 20.3 Å². The van der Waals surface area contributed by atoms with Crippen molar-refractivity contribution in [2.24, 2.45) is 0 Å². The van der Waals surface area contributed by atoms with E-state index in [1.807, 2.05) is 0 Å². The van der Waals surface area contributed by atoms with Crippen molar-refractivity contribution in [2.45, 2.75) is 12.8 Å². The molecule has 7 heteroatoms. The van der Waals surface area contributed by atoms with Gasteiger partial charge in [0, 0.05) is 17.5 Å². The van der Waals surface area contributed by atoms with Gasteiger partial charge in [-0.1, -0.05) is 0 Å². The Kier molecular flexibility index (Phi) is 7.49. The molecule has 0 saturated carbocycles. The van der Waals surface area contributed by atoms with E-state index >= 15 is 0 Å². The van der Waals surface area contributed by atoms with Crippen LogP contribution in [0.4, 0.5) is 4.39 Å². The second-order valence-electron chi connectivity index (χ2n) is 5.67. The minimum Gasteiger partial charge on any atom is -0.497 e.